The molecule has 20 heavy (non-hydrogen) atoms. The number of aryl methyl sites for hydroxylation is 1. The van der Waals surface area contributed by atoms with Crippen molar-refractivity contribution in [2.45, 2.75) is 12.8 Å². The van der Waals surface area contributed by atoms with Gasteiger partial charge in [0.1, 0.15) is 5.75 Å². The molecular weight excluding hydrogens is 318 g/mol. The lowest BCUT2D eigenvalue weighted by Gasteiger charge is -2.08. The van der Waals surface area contributed by atoms with Crippen LogP contribution in [0.4, 0.5) is 0 Å². The minimum Gasteiger partial charge on any atom is -0.492 e. The number of rotatable bonds is 6. The van der Waals surface area contributed by atoms with Crippen LogP contribution in [0.2, 0.25) is 0 Å². The van der Waals surface area contributed by atoms with Crippen molar-refractivity contribution in [3.8, 4) is 5.75 Å². The van der Waals surface area contributed by atoms with Crippen LogP contribution in [0.25, 0.3) is 0 Å². The molecule has 4 heteroatoms. The second kappa shape index (κ2) is 7.70. The first kappa shape index (κ1) is 14.6. The van der Waals surface area contributed by atoms with Crippen molar-refractivity contribution < 1.29 is 9.94 Å². The quantitative estimate of drug-likeness (QED) is 0.371. The number of hydrogen-bond donors (Lipinski definition) is 1. The number of halogens is 1. The maximum absolute atomic E-state index is 8.48. The minimum atomic E-state index is 0.668. The second-order valence-corrected chi connectivity index (χ2v) is 5.23. The fourth-order valence-corrected chi connectivity index (χ4v) is 2.40. The summed E-state index contributed by atoms with van der Waals surface area (Å²) < 4.78 is 6.59. The van der Waals surface area contributed by atoms with Crippen LogP contribution >= 0.6 is 15.9 Å². The highest BCUT2D eigenvalue weighted by molar-refractivity contribution is 9.10. The second-order valence-electron chi connectivity index (χ2n) is 4.37. The van der Waals surface area contributed by atoms with Crippen molar-refractivity contribution in [1.82, 2.24) is 0 Å². The van der Waals surface area contributed by atoms with Crippen molar-refractivity contribution in [2.75, 3.05) is 6.61 Å². The van der Waals surface area contributed by atoms with Gasteiger partial charge in [0.05, 0.1) is 17.3 Å². The minimum absolute atomic E-state index is 0.668. The van der Waals surface area contributed by atoms with E-state index in [9.17, 15) is 0 Å². The van der Waals surface area contributed by atoms with E-state index in [0.717, 1.165) is 28.6 Å². The molecule has 0 radical (unpaired) electrons. The van der Waals surface area contributed by atoms with E-state index in [-0.39, 0.29) is 0 Å². The Morgan fingerprint density at radius 1 is 1.15 bits per heavy atom. The highest BCUT2D eigenvalue weighted by Gasteiger charge is 2.02. The number of hydrogen-bond acceptors (Lipinski definition) is 3. The SMILES string of the molecule is ON=Cc1ccc(OCCCc2ccccc2)c(Br)c1. The third kappa shape index (κ3) is 4.38. The van der Waals surface area contributed by atoms with Crippen molar-refractivity contribution in [1.29, 1.82) is 0 Å². The van der Waals surface area contributed by atoms with E-state index in [1.54, 1.807) is 0 Å². The summed E-state index contributed by atoms with van der Waals surface area (Å²) >= 11 is 3.45. The normalized spacial score (nSPS) is 10.8. The summed E-state index contributed by atoms with van der Waals surface area (Å²) in [6.45, 7) is 0.668. The van der Waals surface area contributed by atoms with E-state index in [4.69, 9.17) is 9.94 Å². The Morgan fingerprint density at radius 3 is 2.65 bits per heavy atom. The van der Waals surface area contributed by atoms with E-state index in [1.165, 1.54) is 11.8 Å². The zero-order valence-electron chi connectivity index (χ0n) is 11.0. The first-order valence-electron chi connectivity index (χ1n) is 6.43. The molecule has 0 heterocycles. The molecule has 0 aliphatic heterocycles. The van der Waals surface area contributed by atoms with Crippen molar-refractivity contribution >= 4 is 22.1 Å². The molecule has 2 rings (SSSR count). The fourth-order valence-electron chi connectivity index (χ4n) is 1.88. The summed E-state index contributed by atoms with van der Waals surface area (Å²) in [6.07, 6.45) is 3.36. The largest absolute Gasteiger partial charge is 0.492 e. The fraction of sp³-hybridized carbons (Fsp3) is 0.188. The summed E-state index contributed by atoms with van der Waals surface area (Å²) in [4.78, 5) is 0. The van der Waals surface area contributed by atoms with Gasteiger partial charge in [-0.3, -0.25) is 0 Å². The van der Waals surface area contributed by atoms with E-state index in [1.807, 2.05) is 36.4 Å². The molecule has 0 aliphatic rings. The molecule has 0 saturated heterocycles. The van der Waals surface area contributed by atoms with Gasteiger partial charge >= 0.3 is 0 Å². The lowest BCUT2D eigenvalue weighted by molar-refractivity contribution is 0.309. The molecule has 0 bridgehead atoms. The zero-order valence-corrected chi connectivity index (χ0v) is 12.6. The Morgan fingerprint density at radius 2 is 1.95 bits per heavy atom. The Balaban J connectivity index is 1.82. The summed E-state index contributed by atoms with van der Waals surface area (Å²) in [5.41, 5.74) is 2.14. The third-order valence-electron chi connectivity index (χ3n) is 2.87. The Bertz CT molecular complexity index is 570. The number of oxime groups is 1. The van der Waals surface area contributed by atoms with Gasteiger partial charge in [-0.15, -0.1) is 0 Å². The van der Waals surface area contributed by atoms with Gasteiger partial charge < -0.3 is 9.94 Å². The highest BCUT2D eigenvalue weighted by Crippen LogP contribution is 2.25. The van der Waals surface area contributed by atoms with E-state index < -0.39 is 0 Å². The first-order chi connectivity index (χ1) is 9.79. The van der Waals surface area contributed by atoms with Gasteiger partial charge in [0.25, 0.3) is 0 Å². The van der Waals surface area contributed by atoms with Gasteiger partial charge in [0, 0.05) is 0 Å². The van der Waals surface area contributed by atoms with Gasteiger partial charge in [-0.2, -0.15) is 0 Å². The molecule has 0 fully saturated rings. The van der Waals surface area contributed by atoms with Crippen molar-refractivity contribution in [2.24, 2.45) is 5.16 Å². The topological polar surface area (TPSA) is 41.8 Å². The van der Waals surface area contributed by atoms with Gasteiger partial charge in [-0.1, -0.05) is 35.5 Å². The monoisotopic (exact) mass is 333 g/mol. The van der Waals surface area contributed by atoms with Crippen molar-refractivity contribution in [3.05, 3.63) is 64.1 Å². The molecule has 2 aromatic carbocycles. The first-order valence-corrected chi connectivity index (χ1v) is 7.22. The van der Waals surface area contributed by atoms with Crippen LogP contribution < -0.4 is 4.74 Å². The molecule has 0 aliphatic carbocycles. The number of ether oxygens (including phenoxy) is 1. The molecule has 0 aromatic heterocycles. The van der Waals surface area contributed by atoms with Crippen LogP contribution in [0.1, 0.15) is 17.5 Å². The van der Waals surface area contributed by atoms with Crippen LogP contribution in [0.15, 0.2) is 58.2 Å². The summed E-state index contributed by atoms with van der Waals surface area (Å²) in [6, 6.07) is 15.9. The Kier molecular flexibility index (Phi) is 5.62. The van der Waals surface area contributed by atoms with Crippen LogP contribution in [0, 0.1) is 0 Å². The van der Waals surface area contributed by atoms with Gasteiger partial charge in [-0.25, -0.2) is 0 Å². The highest BCUT2D eigenvalue weighted by atomic mass is 79.9. The van der Waals surface area contributed by atoms with Crippen LogP contribution in [-0.2, 0) is 6.42 Å². The van der Waals surface area contributed by atoms with Crippen molar-refractivity contribution in [3.63, 3.8) is 0 Å². The van der Waals surface area contributed by atoms with E-state index in [2.05, 4.69) is 33.2 Å². The summed E-state index contributed by atoms with van der Waals surface area (Å²) in [7, 11) is 0. The average Bonchev–Trinajstić information content (AvgIpc) is 2.47. The van der Waals surface area contributed by atoms with Crippen LogP contribution in [0.5, 0.6) is 5.75 Å². The lowest BCUT2D eigenvalue weighted by Crippen LogP contribution is -2.00. The average molecular weight is 334 g/mol. The Labute approximate surface area is 127 Å². The lowest BCUT2D eigenvalue weighted by atomic mass is 10.1. The molecule has 104 valence electrons. The van der Waals surface area contributed by atoms with E-state index >= 15 is 0 Å². The van der Waals surface area contributed by atoms with Gasteiger partial charge in [0.2, 0.25) is 0 Å². The molecule has 3 nitrogen and oxygen atoms in total. The molecule has 0 unspecified atom stereocenters. The van der Waals surface area contributed by atoms with E-state index in [0.29, 0.717) is 6.61 Å². The van der Waals surface area contributed by atoms with Crippen LogP contribution in [0.3, 0.4) is 0 Å². The third-order valence-corrected chi connectivity index (χ3v) is 3.49. The molecular formula is C16H16BrNO2. The zero-order chi connectivity index (χ0) is 14.2. The maximum Gasteiger partial charge on any atom is 0.133 e. The summed E-state index contributed by atoms with van der Waals surface area (Å²) in [5, 5.41) is 11.5. The molecule has 2 aromatic rings. The standard InChI is InChI=1S/C16H16BrNO2/c17-15-11-14(12-18-19)8-9-16(15)20-10-4-7-13-5-2-1-3-6-13/h1-3,5-6,8-9,11-12,19H,4,7,10H2. The Hall–Kier alpha value is -1.81. The van der Waals surface area contributed by atoms with Gasteiger partial charge in [0.15, 0.2) is 0 Å². The van der Waals surface area contributed by atoms with Gasteiger partial charge in [-0.05, 0) is 58.1 Å². The maximum atomic E-state index is 8.48. The predicted molar refractivity (Wildman–Crippen MR) is 83.8 cm³/mol. The van der Waals surface area contributed by atoms with Crippen LogP contribution in [-0.4, -0.2) is 18.0 Å². The molecule has 0 saturated carbocycles. The molecule has 1 N–H and O–H groups in total. The number of nitrogens with zero attached hydrogens (tertiary/aromatic N) is 1. The molecule has 0 atom stereocenters. The molecule has 0 spiro atoms. The summed E-state index contributed by atoms with van der Waals surface area (Å²) in [5.74, 6) is 0.799. The smallest absolute Gasteiger partial charge is 0.133 e. The molecule has 0 amide bonds. The number of benzene rings is 2. The predicted octanol–water partition coefficient (Wildman–Crippen LogP) is 4.27.